The Labute approximate surface area is 79.9 Å². The molecule has 1 aliphatic carbocycles. The minimum Gasteiger partial charge on any atom is -0.254 e. The standard InChI is InChI=1S/C12H15N/c1-4-10(2)13-11(3)12-8-6-5-7-9-12/h4-6,8H,1,3,7,9H2,2H3. The van der Waals surface area contributed by atoms with Crippen molar-refractivity contribution in [3.05, 3.63) is 48.7 Å². The Kier molecular flexibility index (Phi) is 3.44. The number of rotatable bonds is 3. The van der Waals surface area contributed by atoms with Crippen LogP contribution in [-0.4, -0.2) is 5.71 Å². The van der Waals surface area contributed by atoms with Crippen molar-refractivity contribution in [3.8, 4) is 0 Å². The SMILES string of the molecule is C=CC(C)=NC(=C)C1=CC=CCC1. The highest BCUT2D eigenvalue weighted by Gasteiger charge is 2.02. The van der Waals surface area contributed by atoms with Gasteiger partial charge in [0.1, 0.15) is 0 Å². The van der Waals surface area contributed by atoms with Crippen molar-refractivity contribution < 1.29 is 0 Å². The Morgan fingerprint density at radius 3 is 2.92 bits per heavy atom. The molecular formula is C12H15N. The molecular weight excluding hydrogens is 158 g/mol. The molecule has 1 heteroatoms. The summed E-state index contributed by atoms with van der Waals surface area (Å²) in [6, 6.07) is 0. The predicted molar refractivity (Wildman–Crippen MR) is 58.9 cm³/mol. The van der Waals surface area contributed by atoms with Gasteiger partial charge in [0.05, 0.1) is 5.70 Å². The number of allylic oxidation sites excluding steroid dienone is 5. The van der Waals surface area contributed by atoms with Crippen molar-refractivity contribution in [1.82, 2.24) is 0 Å². The van der Waals surface area contributed by atoms with E-state index in [0.717, 1.165) is 24.3 Å². The Balaban J connectivity index is 2.73. The highest BCUT2D eigenvalue weighted by atomic mass is 14.7. The average molecular weight is 173 g/mol. The first-order chi connectivity index (χ1) is 6.24. The van der Waals surface area contributed by atoms with Gasteiger partial charge >= 0.3 is 0 Å². The van der Waals surface area contributed by atoms with Crippen LogP contribution in [0.4, 0.5) is 0 Å². The van der Waals surface area contributed by atoms with Crippen molar-refractivity contribution in [2.45, 2.75) is 19.8 Å². The lowest BCUT2D eigenvalue weighted by Gasteiger charge is -2.08. The van der Waals surface area contributed by atoms with E-state index in [1.54, 1.807) is 6.08 Å². The van der Waals surface area contributed by atoms with Crippen LogP contribution in [0.3, 0.4) is 0 Å². The summed E-state index contributed by atoms with van der Waals surface area (Å²) in [5, 5.41) is 0. The predicted octanol–water partition coefficient (Wildman–Crippen LogP) is 3.42. The third kappa shape index (κ3) is 2.86. The highest BCUT2D eigenvalue weighted by Crippen LogP contribution is 2.19. The molecule has 0 amide bonds. The molecule has 68 valence electrons. The zero-order valence-corrected chi connectivity index (χ0v) is 8.09. The van der Waals surface area contributed by atoms with E-state index in [9.17, 15) is 0 Å². The summed E-state index contributed by atoms with van der Waals surface area (Å²) in [6.07, 6.45) is 10.2. The first kappa shape index (κ1) is 9.72. The van der Waals surface area contributed by atoms with Crippen molar-refractivity contribution in [2.75, 3.05) is 0 Å². The molecule has 1 nitrogen and oxygen atoms in total. The van der Waals surface area contributed by atoms with Gasteiger partial charge in [0.25, 0.3) is 0 Å². The fourth-order valence-electron chi connectivity index (χ4n) is 1.17. The fourth-order valence-corrected chi connectivity index (χ4v) is 1.17. The van der Waals surface area contributed by atoms with E-state index < -0.39 is 0 Å². The average Bonchev–Trinajstić information content (AvgIpc) is 2.19. The van der Waals surface area contributed by atoms with Gasteiger partial charge in [-0.05, 0) is 31.4 Å². The van der Waals surface area contributed by atoms with E-state index in [0.29, 0.717) is 0 Å². The van der Waals surface area contributed by atoms with E-state index in [-0.39, 0.29) is 0 Å². The van der Waals surface area contributed by atoms with E-state index in [1.807, 2.05) is 6.92 Å². The van der Waals surface area contributed by atoms with E-state index in [1.165, 1.54) is 5.57 Å². The van der Waals surface area contributed by atoms with Crippen LogP contribution in [0, 0.1) is 0 Å². The quantitative estimate of drug-likeness (QED) is 0.580. The van der Waals surface area contributed by atoms with Gasteiger partial charge in [-0.2, -0.15) is 0 Å². The Hall–Kier alpha value is -1.37. The molecule has 1 aliphatic rings. The second-order valence-electron chi connectivity index (χ2n) is 3.06. The summed E-state index contributed by atoms with van der Waals surface area (Å²) in [6.45, 7) is 9.51. The normalized spacial score (nSPS) is 16.7. The first-order valence-electron chi connectivity index (χ1n) is 4.46. The molecule has 0 unspecified atom stereocenters. The van der Waals surface area contributed by atoms with Crippen LogP contribution in [0.1, 0.15) is 19.8 Å². The Bertz CT molecular complexity index is 303. The van der Waals surface area contributed by atoms with Gasteiger partial charge in [0, 0.05) is 5.71 Å². The van der Waals surface area contributed by atoms with E-state index in [4.69, 9.17) is 0 Å². The topological polar surface area (TPSA) is 12.4 Å². The molecule has 0 aromatic rings. The molecule has 0 heterocycles. The molecule has 0 aromatic carbocycles. The molecule has 0 spiro atoms. The maximum atomic E-state index is 4.32. The number of hydrogen-bond donors (Lipinski definition) is 0. The molecule has 0 saturated heterocycles. The third-order valence-electron chi connectivity index (χ3n) is 1.99. The molecule has 0 radical (unpaired) electrons. The van der Waals surface area contributed by atoms with Gasteiger partial charge in [-0.15, -0.1) is 0 Å². The van der Waals surface area contributed by atoms with Crippen LogP contribution in [0.25, 0.3) is 0 Å². The zero-order chi connectivity index (χ0) is 9.68. The van der Waals surface area contributed by atoms with Gasteiger partial charge < -0.3 is 0 Å². The van der Waals surface area contributed by atoms with Crippen molar-refractivity contribution in [1.29, 1.82) is 0 Å². The van der Waals surface area contributed by atoms with Crippen LogP contribution in [-0.2, 0) is 0 Å². The highest BCUT2D eigenvalue weighted by molar-refractivity contribution is 5.93. The van der Waals surface area contributed by atoms with Gasteiger partial charge in [-0.1, -0.05) is 31.4 Å². The fraction of sp³-hybridized carbons (Fsp3) is 0.250. The van der Waals surface area contributed by atoms with Crippen molar-refractivity contribution in [3.63, 3.8) is 0 Å². The zero-order valence-electron chi connectivity index (χ0n) is 8.09. The monoisotopic (exact) mass is 173 g/mol. The molecule has 13 heavy (non-hydrogen) atoms. The van der Waals surface area contributed by atoms with Crippen LogP contribution in [0.2, 0.25) is 0 Å². The van der Waals surface area contributed by atoms with E-state index >= 15 is 0 Å². The molecule has 0 aliphatic heterocycles. The maximum Gasteiger partial charge on any atom is 0.0593 e. The van der Waals surface area contributed by atoms with Gasteiger partial charge in [0.2, 0.25) is 0 Å². The molecule has 1 rings (SSSR count). The van der Waals surface area contributed by atoms with Gasteiger partial charge in [0.15, 0.2) is 0 Å². The maximum absolute atomic E-state index is 4.32. The summed E-state index contributed by atoms with van der Waals surface area (Å²) >= 11 is 0. The molecule has 0 fully saturated rings. The molecule has 0 N–H and O–H groups in total. The lowest BCUT2D eigenvalue weighted by Crippen LogP contribution is -1.92. The smallest absolute Gasteiger partial charge is 0.0593 e. The van der Waals surface area contributed by atoms with Crippen LogP contribution < -0.4 is 0 Å². The first-order valence-corrected chi connectivity index (χ1v) is 4.46. The van der Waals surface area contributed by atoms with Crippen molar-refractivity contribution in [2.24, 2.45) is 4.99 Å². The molecule has 0 atom stereocenters. The minimum absolute atomic E-state index is 0.863. The Morgan fingerprint density at radius 1 is 1.62 bits per heavy atom. The third-order valence-corrected chi connectivity index (χ3v) is 1.99. The molecule has 0 saturated carbocycles. The Morgan fingerprint density at radius 2 is 2.38 bits per heavy atom. The van der Waals surface area contributed by atoms with Crippen LogP contribution in [0.5, 0.6) is 0 Å². The van der Waals surface area contributed by atoms with Crippen LogP contribution >= 0.6 is 0 Å². The number of hydrogen-bond acceptors (Lipinski definition) is 1. The molecule has 0 aromatic heterocycles. The largest absolute Gasteiger partial charge is 0.254 e. The van der Waals surface area contributed by atoms with E-state index in [2.05, 4.69) is 36.4 Å². The molecule has 0 bridgehead atoms. The number of nitrogens with zero attached hydrogens (tertiary/aromatic N) is 1. The van der Waals surface area contributed by atoms with Crippen LogP contribution in [0.15, 0.2) is 53.7 Å². The van der Waals surface area contributed by atoms with Gasteiger partial charge in [-0.3, -0.25) is 4.99 Å². The summed E-state index contributed by atoms with van der Waals surface area (Å²) in [5.41, 5.74) is 3.01. The summed E-state index contributed by atoms with van der Waals surface area (Å²) in [5.74, 6) is 0. The minimum atomic E-state index is 0.863. The summed E-state index contributed by atoms with van der Waals surface area (Å²) in [7, 11) is 0. The number of aliphatic imine (C=N–C) groups is 1. The van der Waals surface area contributed by atoms with Crippen molar-refractivity contribution >= 4 is 5.71 Å². The second-order valence-corrected chi connectivity index (χ2v) is 3.06. The second kappa shape index (κ2) is 4.61. The van der Waals surface area contributed by atoms with Gasteiger partial charge in [-0.25, -0.2) is 0 Å². The lowest BCUT2D eigenvalue weighted by atomic mass is 10.0. The lowest BCUT2D eigenvalue weighted by molar-refractivity contribution is 0.964. The summed E-state index contributed by atoms with van der Waals surface area (Å²) < 4.78 is 0. The summed E-state index contributed by atoms with van der Waals surface area (Å²) in [4.78, 5) is 4.32.